The number of hydrogen-bond donors (Lipinski definition) is 0. The number of nitrogens with zero attached hydrogens (tertiary/aromatic N) is 3. The standard InChI is InChI=1S/C28H30ClF2N3O4/c1-5-10-33(24-17-21(30)16-22(31)18-24)26(35)19-13-20(29)15-25(14-19)37-12-11-34(23-6-8-32-9-7-23)27(36)38-28(2,3)4/h6-9,13-18H,5,10-12H2,1-4H3. The Hall–Kier alpha value is -3.72. The van der Waals surface area contributed by atoms with Crippen LogP contribution in [0, 0.1) is 11.6 Å². The number of hydrogen-bond acceptors (Lipinski definition) is 5. The van der Waals surface area contributed by atoms with E-state index in [9.17, 15) is 18.4 Å². The maximum Gasteiger partial charge on any atom is 0.414 e. The van der Waals surface area contributed by atoms with E-state index in [1.165, 1.54) is 28.0 Å². The zero-order valence-corrected chi connectivity index (χ0v) is 22.5. The lowest BCUT2D eigenvalue weighted by atomic mass is 10.1. The first-order chi connectivity index (χ1) is 18.0. The van der Waals surface area contributed by atoms with Crippen molar-refractivity contribution in [3.8, 4) is 5.75 Å². The van der Waals surface area contributed by atoms with Gasteiger partial charge in [-0.1, -0.05) is 18.5 Å². The van der Waals surface area contributed by atoms with Gasteiger partial charge in [-0.15, -0.1) is 0 Å². The van der Waals surface area contributed by atoms with Crippen molar-refractivity contribution in [1.29, 1.82) is 0 Å². The Balaban J connectivity index is 1.79. The largest absolute Gasteiger partial charge is 0.492 e. The molecule has 0 bridgehead atoms. The van der Waals surface area contributed by atoms with Gasteiger partial charge in [-0.2, -0.15) is 0 Å². The number of halogens is 3. The number of pyridine rings is 1. The van der Waals surface area contributed by atoms with Crippen LogP contribution in [0.5, 0.6) is 5.75 Å². The Morgan fingerprint density at radius 2 is 1.58 bits per heavy atom. The highest BCUT2D eigenvalue weighted by Gasteiger charge is 2.24. The van der Waals surface area contributed by atoms with E-state index >= 15 is 0 Å². The normalized spacial score (nSPS) is 11.1. The number of rotatable bonds is 9. The molecule has 10 heteroatoms. The molecule has 0 saturated heterocycles. The lowest BCUT2D eigenvalue weighted by Gasteiger charge is -2.27. The number of carbonyl (C=O) groups excluding carboxylic acids is 2. The third-order valence-electron chi connectivity index (χ3n) is 5.14. The van der Waals surface area contributed by atoms with Crippen molar-refractivity contribution in [1.82, 2.24) is 4.98 Å². The molecule has 0 atom stereocenters. The summed E-state index contributed by atoms with van der Waals surface area (Å²) in [6.07, 6.45) is 3.14. The summed E-state index contributed by atoms with van der Waals surface area (Å²) >= 11 is 6.27. The zero-order chi connectivity index (χ0) is 27.9. The van der Waals surface area contributed by atoms with Gasteiger partial charge in [-0.25, -0.2) is 13.6 Å². The average molecular weight is 546 g/mol. The molecule has 0 N–H and O–H groups in total. The van der Waals surface area contributed by atoms with Gasteiger partial charge in [0.05, 0.1) is 12.2 Å². The second kappa shape index (κ2) is 12.7. The maximum atomic E-state index is 13.8. The van der Waals surface area contributed by atoms with Crippen molar-refractivity contribution in [3.63, 3.8) is 0 Å². The highest BCUT2D eigenvalue weighted by Crippen LogP contribution is 2.26. The fourth-order valence-electron chi connectivity index (χ4n) is 3.61. The Morgan fingerprint density at radius 3 is 2.18 bits per heavy atom. The minimum atomic E-state index is -0.784. The lowest BCUT2D eigenvalue weighted by Crippen LogP contribution is -2.39. The van der Waals surface area contributed by atoms with Crippen LogP contribution in [0.25, 0.3) is 0 Å². The van der Waals surface area contributed by atoms with E-state index in [1.54, 1.807) is 45.3 Å². The van der Waals surface area contributed by atoms with Crippen molar-refractivity contribution in [2.45, 2.75) is 39.7 Å². The van der Waals surface area contributed by atoms with Crippen LogP contribution in [-0.2, 0) is 4.74 Å². The third-order valence-corrected chi connectivity index (χ3v) is 5.36. The highest BCUT2D eigenvalue weighted by atomic mass is 35.5. The van der Waals surface area contributed by atoms with Crippen molar-refractivity contribution < 1.29 is 27.8 Å². The molecular formula is C28H30ClF2N3O4. The maximum absolute atomic E-state index is 13.8. The topological polar surface area (TPSA) is 72.0 Å². The second-order valence-corrected chi connectivity index (χ2v) is 9.88. The number of amides is 2. The first-order valence-corrected chi connectivity index (χ1v) is 12.5. The highest BCUT2D eigenvalue weighted by molar-refractivity contribution is 6.31. The Labute approximate surface area is 225 Å². The zero-order valence-electron chi connectivity index (χ0n) is 21.7. The Morgan fingerprint density at radius 1 is 0.921 bits per heavy atom. The molecule has 1 heterocycles. The minimum Gasteiger partial charge on any atom is -0.492 e. The first kappa shape index (κ1) is 28.8. The van der Waals surface area contributed by atoms with Crippen molar-refractivity contribution >= 4 is 35.0 Å². The molecule has 3 rings (SSSR count). The van der Waals surface area contributed by atoms with E-state index in [0.29, 0.717) is 17.9 Å². The van der Waals surface area contributed by atoms with Crippen LogP contribution in [0.2, 0.25) is 5.02 Å². The van der Waals surface area contributed by atoms with Crippen molar-refractivity contribution in [3.05, 3.63) is 83.1 Å². The van der Waals surface area contributed by atoms with Crippen LogP contribution in [-0.4, -0.2) is 42.3 Å². The van der Waals surface area contributed by atoms with Gasteiger partial charge < -0.3 is 14.4 Å². The molecule has 0 radical (unpaired) electrons. The fraction of sp³-hybridized carbons (Fsp3) is 0.321. The summed E-state index contributed by atoms with van der Waals surface area (Å²) < 4.78 is 39.1. The SMILES string of the molecule is CCCN(C(=O)c1cc(Cl)cc(OCCN(C(=O)OC(C)(C)C)c2ccncc2)c1)c1cc(F)cc(F)c1. The molecule has 0 spiro atoms. The fourth-order valence-corrected chi connectivity index (χ4v) is 3.84. The molecule has 3 aromatic rings. The van der Waals surface area contributed by atoms with Crippen LogP contribution < -0.4 is 14.5 Å². The minimum absolute atomic E-state index is 0.0588. The molecule has 202 valence electrons. The van der Waals surface area contributed by atoms with Gasteiger partial charge in [0.1, 0.15) is 29.6 Å². The number of anilines is 2. The van der Waals surface area contributed by atoms with Crippen LogP contribution in [0.15, 0.2) is 60.9 Å². The molecule has 0 aliphatic heterocycles. The summed E-state index contributed by atoms with van der Waals surface area (Å²) in [5, 5.41) is 0.242. The molecule has 7 nitrogen and oxygen atoms in total. The predicted octanol–water partition coefficient (Wildman–Crippen LogP) is 6.89. The van der Waals surface area contributed by atoms with Crippen LogP contribution >= 0.6 is 11.6 Å². The molecule has 0 unspecified atom stereocenters. The van der Waals surface area contributed by atoms with E-state index in [1.807, 2.05) is 6.92 Å². The third kappa shape index (κ3) is 8.14. The summed E-state index contributed by atoms with van der Waals surface area (Å²) in [7, 11) is 0. The van der Waals surface area contributed by atoms with Gasteiger partial charge in [0.25, 0.3) is 5.91 Å². The second-order valence-electron chi connectivity index (χ2n) is 9.45. The van der Waals surface area contributed by atoms with Gasteiger partial charge in [0.15, 0.2) is 0 Å². The van der Waals surface area contributed by atoms with Gasteiger partial charge >= 0.3 is 6.09 Å². The molecule has 2 amide bonds. The number of aromatic nitrogens is 1. The van der Waals surface area contributed by atoms with E-state index in [0.717, 1.165) is 18.2 Å². The molecule has 0 aliphatic rings. The van der Waals surface area contributed by atoms with E-state index in [-0.39, 0.29) is 36.0 Å². The monoisotopic (exact) mass is 545 g/mol. The number of benzene rings is 2. The summed E-state index contributed by atoms with van der Waals surface area (Å²) in [5.41, 5.74) is 0.170. The summed E-state index contributed by atoms with van der Waals surface area (Å²) in [6.45, 7) is 7.61. The van der Waals surface area contributed by atoms with E-state index < -0.39 is 29.2 Å². The quantitative estimate of drug-likeness (QED) is 0.293. The van der Waals surface area contributed by atoms with Crippen molar-refractivity contribution in [2.75, 3.05) is 29.5 Å². The summed E-state index contributed by atoms with van der Waals surface area (Å²) in [6, 6.07) is 10.8. The molecule has 38 heavy (non-hydrogen) atoms. The van der Waals surface area contributed by atoms with Gasteiger partial charge in [0, 0.05) is 41.3 Å². The molecule has 2 aromatic carbocycles. The van der Waals surface area contributed by atoms with Crippen LogP contribution in [0.4, 0.5) is 25.0 Å². The lowest BCUT2D eigenvalue weighted by molar-refractivity contribution is 0.0575. The molecule has 0 saturated carbocycles. The molecule has 0 aliphatic carbocycles. The summed E-state index contributed by atoms with van der Waals surface area (Å²) in [4.78, 5) is 32.9. The van der Waals surface area contributed by atoms with Crippen molar-refractivity contribution in [2.24, 2.45) is 0 Å². The van der Waals surface area contributed by atoms with Crippen LogP contribution in [0.3, 0.4) is 0 Å². The Bertz CT molecular complexity index is 1250. The molecular weight excluding hydrogens is 516 g/mol. The van der Waals surface area contributed by atoms with Gasteiger partial charge in [-0.3, -0.25) is 14.7 Å². The Kier molecular flexibility index (Phi) is 9.63. The predicted molar refractivity (Wildman–Crippen MR) is 143 cm³/mol. The van der Waals surface area contributed by atoms with E-state index in [4.69, 9.17) is 21.1 Å². The average Bonchev–Trinajstić information content (AvgIpc) is 2.83. The first-order valence-electron chi connectivity index (χ1n) is 12.1. The van der Waals surface area contributed by atoms with Crippen LogP contribution in [0.1, 0.15) is 44.5 Å². The van der Waals surface area contributed by atoms with Gasteiger partial charge in [0.2, 0.25) is 0 Å². The smallest absolute Gasteiger partial charge is 0.414 e. The summed E-state index contributed by atoms with van der Waals surface area (Å²) in [5.74, 6) is -1.77. The van der Waals surface area contributed by atoms with Gasteiger partial charge in [-0.05, 0) is 69.7 Å². The van der Waals surface area contributed by atoms with E-state index in [2.05, 4.69) is 4.98 Å². The number of ether oxygens (including phenoxy) is 2. The molecule has 0 fully saturated rings. The number of carbonyl (C=O) groups is 2. The molecule has 1 aromatic heterocycles.